The van der Waals surface area contributed by atoms with Crippen molar-refractivity contribution in [1.82, 2.24) is 0 Å². The van der Waals surface area contributed by atoms with E-state index in [0.717, 1.165) is 0 Å². The van der Waals surface area contributed by atoms with Crippen LogP contribution in [0.2, 0.25) is 0 Å². The predicted octanol–water partition coefficient (Wildman–Crippen LogP) is 3.96. The van der Waals surface area contributed by atoms with Crippen LogP contribution in [-0.4, -0.2) is 5.91 Å². The van der Waals surface area contributed by atoms with Crippen LogP contribution in [0.3, 0.4) is 0 Å². The van der Waals surface area contributed by atoms with Gasteiger partial charge in [0, 0.05) is 11.3 Å². The highest BCUT2D eigenvalue weighted by Gasteiger charge is 2.13. The standard InChI is InChI=1S/C17H19FN2O/c1-17(2,3)12-5-7-13(8-6-12)20-16(21)11-4-9-14(18)15(19)10-11/h4-10H,19H2,1-3H3,(H,20,21). The zero-order valence-electron chi connectivity index (χ0n) is 12.4. The Labute approximate surface area is 124 Å². The van der Waals surface area contributed by atoms with E-state index in [1.807, 2.05) is 24.3 Å². The van der Waals surface area contributed by atoms with E-state index in [1.165, 1.54) is 23.8 Å². The molecule has 3 N–H and O–H groups in total. The predicted molar refractivity (Wildman–Crippen MR) is 83.9 cm³/mol. The van der Waals surface area contributed by atoms with Crippen LogP contribution in [0.15, 0.2) is 42.5 Å². The van der Waals surface area contributed by atoms with Crippen LogP contribution in [0, 0.1) is 5.82 Å². The minimum atomic E-state index is -0.527. The molecule has 0 aliphatic carbocycles. The fourth-order valence-corrected chi connectivity index (χ4v) is 1.94. The molecule has 0 aliphatic rings. The molecule has 0 radical (unpaired) electrons. The van der Waals surface area contributed by atoms with E-state index in [1.54, 1.807) is 0 Å². The van der Waals surface area contributed by atoms with Gasteiger partial charge in [-0.25, -0.2) is 4.39 Å². The van der Waals surface area contributed by atoms with E-state index in [2.05, 4.69) is 26.1 Å². The third-order valence-electron chi connectivity index (χ3n) is 3.27. The molecule has 2 aromatic rings. The van der Waals surface area contributed by atoms with Crippen molar-refractivity contribution in [3.63, 3.8) is 0 Å². The molecule has 0 saturated heterocycles. The maximum Gasteiger partial charge on any atom is 0.255 e. The number of nitrogens with two attached hydrogens (primary N) is 1. The lowest BCUT2D eigenvalue weighted by Gasteiger charge is -2.19. The summed E-state index contributed by atoms with van der Waals surface area (Å²) in [5, 5.41) is 2.77. The Morgan fingerprint density at radius 1 is 1.10 bits per heavy atom. The molecule has 2 aromatic carbocycles. The van der Waals surface area contributed by atoms with Crippen LogP contribution in [0.1, 0.15) is 36.7 Å². The molecule has 0 spiro atoms. The Bertz CT molecular complexity index is 657. The number of carbonyl (C=O) groups is 1. The van der Waals surface area contributed by atoms with Crippen LogP contribution in [0.5, 0.6) is 0 Å². The number of hydrogen-bond acceptors (Lipinski definition) is 2. The first-order chi connectivity index (χ1) is 9.77. The van der Waals surface area contributed by atoms with Crippen molar-refractivity contribution in [2.24, 2.45) is 0 Å². The van der Waals surface area contributed by atoms with Crippen LogP contribution in [-0.2, 0) is 5.41 Å². The number of nitrogen functional groups attached to an aromatic ring is 1. The Balaban J connectivity index is 2.14. The van der Waals surface area contributed by atoms with Gasteiger partial charge < -0.3 is 11.1 Å². The second kappa shape index (κ2) is 5.56. The highest BCUT2D eigenvalue weighted by Crippen LogP contribution is 2.23. The molecule has 21 heavy (non-hydrogen) atoms. The van der Waals surface area contributed by atoms with Gasteiger partial charge in [0.05, 0.1) is 5.69 Å². The molecule has 0 unspecified atom stereocenters. The maximum absolute atomic E-state index is 13.1. The van der Waals surface area contributed by atoms with Gasteiger partial charge in [0.25, 0.3) is 5.91 Å². The van der Waals surface area contributed by atoms with E-state index in [4.69, 9.17) is 5.73 Å². The molecular weight excluding hydrogens is 267 g/mol. The molecule has 0 heterocycles. The number of amides is 1. The average Bonchev–Trinajstić information content (AvgIpc) is 2.41. The van der Waals surface area contributed by atoms with Gasteiger partial charge in [0.2, 0.25) is 0 Å². The lowest BCUT2D eigenvalue weighted by Crippen LogP contribution is -2.14. The first-order valence-electron chi connectivity index (χ1n) is 6.74. The monoisotopic (exact) mass is 286 g/mol. The quantitative estimate of drug-likeness (QED) is 0.821. The van der Waals surface area contributed by atoms with Crippen LogP contribution in [0.25, 0.3) is 0 Å². The summed E-state index contributed by atoms with van der Waals surface area (Å²) in [6, 6.07) is 11.6. The van der Waals surface area contributed by atoms with Crippen LogP contribution in [0.4, 0.5) is 15.8 Å². The van der Waals surface area contributed by atoms with Crippen molar-refractivity contribution in [3.8, 4) is 0 Å². The fraction of sp³-hybridized carbons (Fsp3) is 0.235. The minimum absolute atomic E-state index is 0.0364. The molecule has 110 valence electrons. The molecule has 0 atom stereocenters. The number of halogens is 1. The molecule has 0 fully saturated rings. The lowest BCUT2D eigenvalue weighted by molar-refractivity contribution is 0.102. The maximum atomic E-state index is 13.1. The Kier molecular flexibility index (Phi) is 3.98. The zero-order chi connectivity index (χ0) is 15.6. The summed E-state index contributed by atoms with van der Waals surface area (Å²) in [6.07, 6.45) is 0. The third-order valence-corrected chi connectivity index (χ3v) is 3.27. The molecule has 0 saturated carbocycles. The van der Waals surface area contributed by atoms with Crippen molar-refractivity contribution in [1.29, 1.82) is 0 Å². The number of benzene rings is 2. The number of rotatable bonds is 2. The summed E-state index contributed by atoms with van der Waals surface area (Å²) >= 11 is 0. The topological polar surface area (TPSA) is 55.1 Å². The van der Waals surface area contributed by atoms with Crippen LogP contribution >= 0.6 is 0 Å². The molecule has 2 rings (SSSR count). The molecular formula is C17H19FN2O. The minimum Gasteiger partial charge on any atom is -0.396 e. The summed E-state index contributed by atoms with van der Waals surface area (Å²) < 4.78 is 13.1. The smallest absolute Gasteiger partial charge is 0.255 e. The average molecular weight is 286 g/mol. The fourth-order valence-electron chi connectivity index (χ4n) is 1.94. The second-order valence-corrected chi connectivity index (χ2v) is 6.02. The molecule has 3 nitrogen and oxygen atoms in total. The normalized spacial score (nSPS) is 11.2. The summed E-state index contributed by atoms with van der Waals surface area (Å²) in [5.41, 5.74) is 7.70. The van der Waals surface area contributed by atoms with Gasteiger partial charge in [-0.1, -0.05) is 32.9 Å². The highest BCUT2D eigenvalue weighted by molar-refractivity contribution is 6.04. The Morgan fingerprint density at radius 2 is 1.71 bits per heavy atom. The lowest BCUT2D eigenvalue weighted by atomic mass is 9.87. The Morgan fingerprint density at radius 3 is 2.24 bits per heavy atom. The van der Waals surface area contributed by atoms with E-state index < -0.39 is 5.82 Å². The number of anilines is 2. The molecule has 1 amide bonds. The Hall–Kier alpha value is -2.36. The molecule has 4 heteroatoms. The first-order valence-corrected chi connectivity index (χ1v) is 6.74. The van der Waals surface area contributed by atoms with E-state index in [9.17, 15) is 9.18 Å². The highest BCUT2D eigenvalue weighted by atomic mass is 19.1. The van der Waals surface area contributed by atoms with Gasteiger partial charge in [-0.2, -0.15) is 0 Å². The first kappa shape index (κ1) is 15.0. The number of nitrogens with one attached hydrogen (secondary N) is 1. The second-order valence-electron chi connectivity index (χ2n) is 6.02. The zero-order valence-corrected chi connectivity index (χ0v) is 12.4. The van der Waals surface area contributed by atoms with Crippen molar-refractivity contribution in [2.75, 3.05) is 11.1 Å². The van der Waals surface area contributed by atoms with Crippen molar-refractivity contribution >= 4 is 17.3 Å². The summed E-state index contributed by atoms with van der Waals surface area (Å²) in [5.74, 6) is -0.841. The summed E-state index contributed by atoms with van der Waals surface area (Å²) in [6.45, 7) is 6.38. The molecule has 0 aliphatic heterocycles. The van der Waals surface area contributed by atoms with Gasteiger partial charge in [0.15, 0.2) is 0 Å². The summed E-state index contributed by atoms with van der Waals surface area (Å²) in [7, 11) is 0. The van der Waals surface area contributed by atoms with Crippen molar-refractivity contribution < 1.29 is 9.18 Å². The van der Waals surface area contributed by atoms with Gasteiger partial charge >= 0.3 is 0 Å². The SMILES string of the molecule is CC(C)(C)c1ccc(NC(=O)c2ccc(F)c(N)c2)cc1. The van der Waals surface area contributed by atoms with Gasteiger partial charge in [0.1, 0.15) is 5.82 Å². The van der Waals surface area contributed by atoms with Crippen LogP contribution < -0.4 is 11.1 Å². The number of carbonyl (C=O) groups excluding carboxylic acids is 1. The number of hydrogen-bond donors (Lipinski definition) is 2. The molecule has 0 aromatic heterocycles. The third kappa shape index (κ3) is 3.60. The van der Waals surface area contributed by atoms with Gasteiger partial charge in [-0.05, 0) is 41.3 Å². The van der Waals surface area contributed by atoms with Crippen molar-refractivity contribution in [3.05, 3.63) is 59.4 Å². The van der Waals surface area contributed by atoms with E-state index >= 15 is 0 Å². The van der Waals surface area contributed by atoms with Crippen molar-refractivity contribution in [2.45, 2.75) is 26.2 Å². The van der Waals surface area contributed by atoms with Gasteiger partial charge in [-0.15, -0.1) is 0 Å². The molecule has 0 bridgehead atoms. The van der Waals surface area contributed by atoms with E-state index in [-0.39, 0.29) is 17.0 Å². The largest absolute Gasteiger partial charge is 0.396 e. The van der Waals surface area contributed by atoms with Gasteiger partial charge in [-0.3, -0.25) is 4.79 Å². The summed E-state index contributed by atoms with van der Waals surface area (Å²) in [4.78, 5) is 12.1. The van der Waals surface area contributed by atoms with E-state index in [0.29, 0.717) is 11.3 Å².